The summed E-state index contributed by atoms with van der Waals surface area (Å²) in [4.78, 5) is 76.8. The number of carboxylic acid groups (broad SMARTS) is 3. The number of aromatic nitrogens is 8. The number of benzene rings is 3. The van der Waals surface area contributed by atoms with Gasteiger partial charge in [0.25, 0.3) is 5.97 Å². The molecule has 4 aromatic heterocycles. The van der Waals surface area contributed by atoms with E-state index in [2.05, 4.69) is 72.9 Å². The number of fused-ring (bicyclic) bond motifs is 1. The molecule has 0 atom stereocenters. The second-order valence-corrected chi connectivity index (χ2v) is 25.6. The number of halogens is 10. The molecule has 8 rings (SSSR count). The van der Waals surface area contributed by atoms with Crippen LogP contribution in [0.4, 0.5) is 86.1 Å². The van der Waals surface area contributed by atoms with Gasteiger partial charge in [-0.05, 0) is 78.6 Å². The van der Waals surface area contributed by atoms with Crippen LogP contribution in [0.2, 0.25) is 0 Å². The number of hydrogen-bond donors (Lipinski definition) is 10. The van der Waals surface area contributed by atoms with Crippen LogP contribution < -0.4 is 69.7 Å². The van der Waals surface area contributed by atoms with Gasteiger partial charge in [-0.15, -0.1) is 47.0 Å². The number of aliphatic imine (C=N–C) groups is 1. The Morgan fingerprint density at radius 2 is 0.904 bits per heavy atom. The summed E-state index contributed by atoms with van der Waals surface area (Å²) in [6.45, 7) is 1.27. The number of hydrogen-bond acceptors (Lipinski definition) is 32. The Bertz CT molecular complexity index is 4320. The molecule has 0 radical (unpaired) electrons. The summed E-state index contributed by atoms with van der Waals surface area (Å²) in [5, 5.41) is 63.3. The maximum Gasteiger partial charge on any atom is 1.00 e. The van der Waals surface area contributed by atoms with Crippen molar-refractivity contribution in [1.29, 1.82) is 21.0 Å². The van der Waals surface area contributed by atoms with Gasteiger partial charge in [0.1, 0.15) is 87.3 Å². The van der Waals surface area contributed by atoms with Crippen LogP contribution in [0.3, 0.4) is 0 Å². The molecule has 0 spiro atoms. The van der Waals surface area contributed by atoms with E-state index >= 15 is 0 Å². The summed E-state index contributed by atoms with van der Waals surface area (Å²) >= 11 is 16.2. The van der Waals surface area contributed by atoms with Gasteiger partial charge in [0.05, 0.1) is 45.3 Å². The fourth-order valence-corrected chi connectivity index (χ4v) is 11.8. The predicted molar refractivity (Wildman–Crippen MR) is 386 cm³/mol. The minimum atomic E-state index is -4.37. The molecule has 0 fully saturated rings. The number of aliphatic carboxylic acids is 3. The molecule has 5 heterocycles. The van der Waals surface area contributed by atoms with E-state index < -0.39 is 47.6 Å². The fraction of sp³-hybridized carbons (Fsp3) is 0.259. The van der Waals surface area contributed by atoms with Gasteiger partial charge < -0.3 is 68.1 Å². The molecular formula is C58H57BrF9N20NaO7S8. The second kappa shape index (κ2) is 47.3. The molecule has 7 aromatic rings. The monoisotopic (exact) mass is 1670 g/mol. The Kier molecular flexibility index (Phi) is 43.6. The minimum Gasteiger partial charge on any atom is -0.759 e. The molecule has 104 heavy (non-hydrogen) atoms. The Hall–Kier alpha value is -8.19. The summed E-state index contributed by atoms with van der Waals surface area (Å²) in [6.07, 6.45) is -5.00. The van der Waals surface area contributed by atoms with Gasteiger partial charge in [-0.25, -0.2) is 39.9 Å². The van der Waals surface area contributed by atoms with Crippen LogP contribution in [-0.4, -0.2) is 138 Å². The SMILES string of the molecule is CC(=O)O.CC(F)(F)F.CSc1nc(N)nc(SCC(=O)Cc2ccccc2N)c1C#N.CSc1nc(N)nc(SCC(=O)O)c1C#N.CSc1nc(N)nc(SCC2=Nc3ccc(C(F)(F)F)cc3C2)c1C#N.CSc1nc(N)nc([S-])c1C#N.Nc1ccc(C(F)(F)F)cc1N.O=C(O)CBr.[Na+]. The van der Waals surface area contributed by atoms with E-state index in [1.165, 1.54) is 76.6 Å². The number of nitrogens with zero attached hydrogens (tertiary/aromatic N) is 13. The molecule has 0 saturated carbocycles. The largest absolute Gasteiger partial charge is 1.00 e. The summed E-state index contributed by atoms with van der Waals surface area (Å²) in [7, 11) is 0. The van der Waals surface area contributed by atoms with Crippen molar-refractivity contribution in [2.45, 2.75) is 85.4 Å². The van der Waals surface area contributed by atoms with Gasteiger partial charge in [-0.1, -0.05) is 74.4 Å². The number of rotatable bonds is 16. The number of alkyl halides is 10. The quantitative estimate of drug-likeness (QED) is 0.00822. The Morgan fingerprint density at radius 1 is 0.538 bits per heavy atom. The van der Waals surface area contributed by atoms with Crippen LogP contribution in [0, 0.1) is 45.3 Å². The van der Waals surface area contributed by atoms with Crippen LogP contribution >= 0.6 is 98.3 Å². The molecule has 17 N–H and O–H groups in total. The number of nitrogens with two attached hydrogens (primary N) is 7. The first kappa shape index (κ1) is 95.8. The predicted octanol–water partition coefficient (Wildman–Crippen LogP) is 8.62. The van der Waals surface area contributed by atoms with Gasteiger partial charge in [-0.3, -0.25) is 24.2 Å². The fourth-order valence-electron chi connectivity index (χ4n) is 6.70. The van der Waals surface area contributed by atoms with Crippen molar-refractivity contribution >= 4 is 187 Å². The van der Waals surface area contributed by atoms with Crippen LogP contribution in [0.15, 0.2) is 106 Å². The number of anilines is 7. The first-order valence-corrected chi connectivity index (χ1v) is 36.5. The molecule has 0 saturated heterocycles. The maximum atomic E-state index is 12.8. The molecule has 0 amide bonds. The number of nitriles is 4. The van der Waals surface area contributed by atoms with Gasteiger partial charge in [0.15, 0.2) is 0 Å². The van der Waals surface area contributed by atoms with Crippen LogP contribution in [0.1, 0.15) is 58.4 Å². The van der Waals surface area contributed by atoms with Crippen molar-refractivity contribution in [2.75, 3.05) is 87.7 Å². The molecule has 1 aliphatic rings. The zero-order valence-corrected chi connectivity index (χ0v) is 65.0. The zero-order valence-electron chi connectivity index (χ0n) is 54.9. The number of carbonyl (C=O) groups is 4. The molecule has 27 nitrogen and oxygen atoms in total. The number of thioether (sulfide) groups is 7. The smallest absolute Gasteiger partial charge is 0.759 e. The van der Waals surface area contributed by atoms with E-state index in [0.29, 0.717) is 81.0 Å². The number of ketones is 1. The summed E-state index contributed by atoms with van der Waals surface area (Å²) < 4.78 is 106. The number of para-hydroxylation sites is 1. The average Bonchev–Trinajstić information content (AvgIpc) is 1.65. The topological polar surface area (TPSA) is 522 Å². The average molecular weight is 1680 g/mol. The van der Waals surface area contributed by atoms with Gasteiger partial charge in [0, 0.05) is 43.8 Å². The van der Waals surface area contributed by atoms with E-state index in [1.54, 1.807) is 31.1 Å². The van der Waals surface area contributed by atoms with Crippen molar-refractivity contribution in [2.24, 2.45) is 4.99 Å². The summed E-state index contributed by atoms with van der Waals surface area (Å²) in [5.74, 6) is -1.90. The van der Waals surface area contributed by atoms with Gasteiger partial charge in [-0.2, -0.15) is 60.6 Å². The van der Waals surface area contributed by atoms with E-state index in [0.717, 1.165) is 60.3 Å². The molecule has 1 aliphatic heterocycles. The first-order valence-electron chi connectivity index (χ1n) is 27.2. The van der Waals surface area contributed by atoms with Gasteiger partial charge >= 0.3 is 60.0 Å². The Labute approximate surface area is 653 Å². The molecule has 3 aromatic carbocycles. The normalized spacial score (nSPS) is 10.7. The van der Waals surface area contributed by atoms with Crippen LogP contribution in [0.5, 0.6) is 0 Å². The van der Waals surface area contributed by atoms with E-state index in [9.17, 15) is 64.4 Å². The van der Waals surface area contributed by atoms with Crippen molar-refractivity contribution < 1.29 is 104 Å². The third-order valence-corrected chi connectivity index (χ3v) is 17.3. The minimum absolute atomic E-state index is 0. The molecule has 0 aliphatic carbocycles. The molecular weight excluding hydrogens is 1620 g/mol. The van der Waals surface area contributed by atoms with Crippen molar-refractivity contribution in [3.8, 4) is 24.3 Å². The van der Waals surface area contributed by atoms with Crippen LogP contribution in [0.25, 0.3) is 0 Å². The van der Waals surface area contributed by atoms with Crippen molar-refractivity contribution in [3.05, 3.63) is 105 Å². The standard InChI is InChI=1S/C16H12F3N5S2.C15H15N5OS2.C8H8N4O2S2.C7H7F3N2.C6H6N4S2.C2H3BrO2.C2H3F3.C2H4O2.Na/c1-25-13-11(6-20)14(24-15(21)23-13)26-7-10-5-8-4-9(16(17,18)19)2-3-12(8)22-10;1-22-13-11(7-16)14(20-15(18)19-13)23-8-10(21)6-9-4-2-3-5-12(9)17;1-15-6-4(2-9)7(12-8(10)11-6)16-3-5(13)14;8-7(9,10)4-1-2-5(11)6(12)3-4;1-12-5-3(2-7)4(11)9-6(8)10-5;3-1-2(4)5;1-2(3,4)5;1-2(3)4;/h2-4H,5,7H2,1H3,(H2,21,23,24);2-5H,6,8,17H2,1H3,(H2,18,19,20);3H2,1H3,(H,13,14)(H2,10,11,12);1-3H,11-12H2;1H3,(H3,8,9,10,11);1H2,(H,4,5);1H3;1H3,(H,3,4);/q;;;;;;;;+1/p-1. The Balaban J connectivity index is 0.00000125. The van der Waals surface area contributed by atoms with E-state index in [4.69, 9.17) is 83.4 Å². The van der Waals surface area contributed by atoms with Crippen molar-refractivity contribution in [1.82, 2.24) is 39.9 Å². The zero-order chi connectivity index (χ0) is 78.7. The summed E-state index contributed by atoms with van der Waals surface area (Å²) in [6, 6.07) is 21.7. The first-order chi connectivity index (χ1) is 48.0. The number of nitrogen functional groups attached to an aromatic ring is 7. The summed E-state index contributed by atoms with van der Waals surface area (Å²) in [5.41, 5.74) is 41.5. The second-order valence-electron chi connectivity index (χ2n) is 18.6. The number of Topliss-reactive ketones (excluding diaryl/α,β-unsaturated/α-hetero) is 1. The number of carboxylic acids is 3. The molecule has 550 valence electrons. The van der Waals surface area contributed by atoms with Crippen LogP contribution in [-0.2, 0) is 57.0 Å². The van der Waals surface area contributed by atoms with Crippen molar-refractivity contribution in [3.63, 3.8) is 0 Å². The number of carbonyl (C=O) groups excluding carboxylic acids is 1. The van der Waals surface area contributed by atoms with Gasteiger partial charge in [0.2, 0.25) is 23.8 Å². The maximum absolute atomic E-state index is 12.8. The third-order valence-electron chi connectivity index (χ3n) is 10.8. The molecule has 46 heteroatoms. The molecule has 0 unspecified atom stereocenters. The third kappa shape index (κ3) is 36.0. The molecule has 0 bridgehead atoms. The Morgan fingerprint density at radius 3 is 1.28 bits per heavy atom. The van der Waals surface area contributed by atoms with E-state index in [1.807, 2.05) is 30.3 Å². The van der Waals surface area contributed by atoms with E-state index in [-0.39, 0.29) is 111 Å².